The Balaban J connectivity index is 1.37. The average Bonchev–Trinajstić information content (AvgIpc) is 3.25. The number of carbonyl (C=O) groups excluding carboxylic acids is 2. The van der Waals surface area contributed by atoms with Crippen molar-refractivity contribution < 1.29 is 9.59 Å². The number of thioether (sulfide) groups is 1. The summed E-state index contributed by atoms with van der Waals surface area (Å²) >= 11 is 1.03. The van der Waals surface area contributed by atoms with Gasteiger partial charge in [-0.3, -0.25) is 9.59 Å². The van der Waals surface area contributed by atoms with E-state index in [1.54, 1.807) is 18.3 Å². The summed E-state index contributed by atoms with van der Waals surface area (Å²) in [4.78, 5) is 35.4. The summed E-state index contributed by atoms with van der Waals surface area (Å²) in [6.07, 6.45) is 8.10. The van der Waals surface area contributed by atoms with Crippen LogP contribution in [0.15, 0.2) is 17.2 Å². The number of aromatic nitrogens is 2. The molecule has 0 bridgehead atoms. The number of piperidine rings is 1. The van der Waals surface area contributed by atoms with Crippen molar-refractivity contribution in [2.24, 2.45) is 11.8 Å². The van der Waals surface area contributed by atoms with Crippen LogP contribution in [0.25, 0.3) is 6.08 Å². The van der Waals surface area contributed by atoms with Crippen LogP contribution in [0.2, 0.25) is 0 Å². The van der Waals surface area contributed by atoms with Gasteiger partial charge in [0.05, 0.1) is 17.0 Å². The molecule has 0 spiro atoms. The zero-order valence-corrected chi connectivity index (χ0v) is 16.3. The summed E-state index contributed by atoms with van der Waals surface area (Å²) in [5, 5.41) is 3.37. The molecule has 7 heteroatoms. The van der Waals surface area contributed by atoms with Crippen LogP contribution in [0, 0.1) is 11.8 Å². The van der Waals surface area contributed by atoms with Crippen molar-refractivity contribution in [3.8, 4) is 0 Å². The number of hydrogen-bond donors (Lipinski definition) is 1. The average molecular weight is 387 g/mol. The number of rotatable bonds is 5. The van der Waals surface area contributed by atoms with Gasteiger partial charge in [-0.2, -0.15) is 0 Å². The molecule has 0 radical (unpaired) electrons. The van der Waals surface area contributed by atoms with Gasteiger partial charge in [-0.05, 0) is 74.6 Å². The second-order valence-corrected chi connectivity index (χ2v) is 8.91. The van der Waals surface area contributed by atoms with Crippen LogP contribution in [0.5, 0.6) is 0 Å². The third kappa shape index (κ3) is 5.03. The van der Waals surface area contributed by atoms with Crippen LogP contribution in [-0.2, 0) is 16.0 Å². The number of nitrogens with zero attached hydrogens (tertiary/aromatic N) is 3. The largest absolute Gasteiger partial charge is 0.316 e. The van der Waals surface area contributed by atoms with Crippen molar-refractivity contribution in [3.63, 3.8) is 0 Å². The highest BCUT2D eigenvalue weighted by Crippen LogP contribution is 2.30. The molecule has 1 unspecified atom stereocenters. The van der Waals surface area contributed by atoms with Crippen LogP contribution in [0.4, 0.5) is 0 Å². The van der Waals surface area contributed by atoms with E-state index in [0.717, 1.165) is 55.3 Å². The summed E-state index contributed by atoms with van der Waals surface area (Å²) in [5.41, 5.74) is 0.718. The molecule has 4 rings (SSSR count). The normalized spacial score (nSPS) is 28.4. The van der Waals surface area contributed by atoms with Gasteiger partial charge in [-0.15, -0.1) is 0 Å². The molecule has 3 saturated heterocycles. The Morgan fingerprint density at radius 1 is 1.30 bits per heavy atom. The summed E-state index contributed by atoms with van der Waals surface area (Å²) in [6, 6.07) is 1.80. The molecule has 0 aromatic carbocycles. The first kappa shape index (κ1) is 18.8. The molecule has 0 saturated carbocycles. The molecule has 1 aromatic rings. The second-order valence-electron chi connectivity index (χ2n) is 7.81. The van der Waals surface area contributed by atoms with E-state index in [1.165, 1.54) is 32.4 Å². The van der Waals surface area contributed by atoms with Crippen LogP contribution >= 0.6 is 11.8 Å². The van der Waals surface area contributed by atoms with Gasteiger partial charge in [-0.25, -0.2) is 9.97 Å². The fourth-order valence-electron chi connectivity index (χ4n) is 4.25. The molecule has 1 aromatic heterocycles. The Kier molecular flexibility index (Phi) is 6.00. The lowest BCUT2D eigenvalue weighted by atomic mass is 9.93. The third-order valence-electron chi connectivity index (χ3n) is 5.56. The highest BCUT2D eigenvalue weighted by Gasteiger charge is 2.27. The fourth-order valence-corrected chi connectivity index (χ4v) is 5.06. The molecule has 3 aliphatic heterocycles. The number of hydrogen-bond acceptors (Lipinski definition) is 7. The Morgan fingerprint density at radius 2 is 2.22 bits per heavy atom. The molecule has 0 aliphatic carbocycles. The van der Waals surface area contributed by atoms with E-state index in [9.17, 15) is 9.59 Å². The minimum absolute atomic E-state index is 0.00284. The molecule has 0 amide bonds. The quantitative estimate of drug-likeness (QED) is 0.612. The van der Waals surface area contributed by atoms with E-state index in [2.05, 4.69) is 20.2 Å². The van der Waals surface area contributed by atoms with E-state index in [1.807, 2.05) is 0 Å². The van der Waals surface area contributed by atoms with Gasteiger partial charge in [0, 0.05) is 25.7 Å². The maximum absolute atomic E-state index is 11.8. The minimum Gasteiger partial charge on any atom is -0.316 e. The van der Waals surface area contributed by atoms with Gasteiger partial charge in [0.2, 0.25) is 5.12 Å². The van der Waals surface area contributed by atoms with E-state index >= 15 is 0 Å². The summed E-state index contributed by atoms with van der Waals surface area (Å²) < 4.78 is 0. The molecule has 6 nitrogen and oxygen atoms in total. The molecular formula is C20H26N4O2S. The van der Waals surface area contributed by atoms with Gasteiger partial charge in [0.25, 0.3) is 0 Å². The first-order valence-electron chi connectivity index (χ1n) is 9.86. The minimum atomic E-state index is -0.102. The molecule has 3 aliphatic rings. The lowest BCUT2D eigenvalue weighted by molar-refractivity contribution is -0.119. The van der Waals surface area contributed by atoms with Gasteiger partial charge in [-0.1, -0.05) is 0 Å². The molecular weight excluding hydrogens is 360 g/mol. The van der Waals surface area contributed by atoms with E-state index in [4.69, 9.17) is 0 Å². The van der Waals surface area contributed by atoms with Crippen molar-refractivity contribution in [1.29, 1.82) is 0 Å². The van der Waals surface area contributed by atoms with E-state index in [-0.39, 0.29) is 17.3 Å². The smallest absolute Gasteiger partial charge is 0.201 e. The number of nitrogens with one attached hydrogen (secondary N) is 1. The predicted molar refractivity (Wildman–Crippen MR) is 106 cm³/mol. The van der Waals surface area contributed by atoms with Crippen molar-refractivity contribution in [2.75, 3.05) is 32.7 Å². The number of carbonyl (C=O) groups is 2. The van der Waals surface area contributed by atoms with Crippen molar-refractivity contribution >= 4 is 28.7 Å². The molecule has 2 atom stereocenters. The van der Waals surface area contributed by atoms with Crippen LogP contribution in [-0.4, -0.2) is 58.5 Å². The molecule has 27 heavy (non-hydrogen) atoms. The Hall–Kier alpha value is -1.57. The van der Waals surface area contributed by atoms with E-state index in [0.29, 0.717) is 10.8 Å². The van der Waals surface area contributed by atoms with Crippen LogP contribution < -0.4 is 5.32 Å². The molecule has 144 valence electrons. The lowest BCUT2D eigenvalue weighted by Crippen LogP contribution is -2.39. The first-order chi connectivity index (χ1) is 13.2. The van der Waals surface area contributed by atoms with Gasteiger partial charge in [0.15, 0.2) is 5.78 Å². The summed E-state index contributed by atoms with van der Waals surface area (Å²) in [5.74, 6) is 2.11. The lowest BCUT2D eigenvalue weighted by Gasteiger charge is -2.34. The van der Waals surface area contributed by atoms with Gasteiger partial charge in [0.1, 0.15) is 5.82 Å². The topological polar surface area (TPSA) is 75.2 Å². The third-order valence-corrected chi connectivity index (χ3v) is 6.50. The number of Topliss-reactive ketones (excluding diaryl/α,β-unsaturated/α-hetero) is 1. The number of ketones is 1. The van der Waals surface area contributed by atoms with E-state index < -0.39 is 0 Å². The summed E-state index contributed by atoms with van der Waals surface area (Å²) in [7, 11) is 0. The van der Waals surface area contributed by atoms with Crippen LogP contribution in [0.3, 0.4) is 0 Å². The zero-order chi connectivity index (χ0) is 18.6. The molecule has 4 heterocycles. The Labute approximate surface area is 164 Å². The van der Waals surface area contributed by atoms with Gasteiger partial charge < -0.3 is 10.2 Å². The maximum atomic E-state index is 11.8. The van der Waals surface area contributed by atoms with Crippen LogP contribution in [0.1, 0.15) is 37.2 Å². The second kappa shape index (κ2) is 8.63. The van der Waals surface area contributed by atoms with Gasteiger partial charge >= 0.3 is 0 Å². The Bertz CT molecular complexity index is 745. The first-order valence-corrected chi connectivity index (χ1v) is 10.7. The molecule has 3 fully saturated rings. The highest BCUT2D eigenvalue weighted by molar-refractivity contribution is 8.18. The van der Waals surface area contributed by atoms with Crippen molar-refractivity contribution in [1.82, 2.24) is 20.2 Å². The van der Waals surface area contributed by atoms with Crippen molar-refractivity contribution in [2.45, 2.75) is 32.1 Å². The SMILES string of the molecule is O=C1CC(=O)/C(=C/c2ccnc(C[C@H]3CCCN(CC4CCNC4)C3)n2)S1. The number of likely N-dealkylation sites (tertiary alicyclic amines) is 1. The number of allylic oxidation sites excluding steroid dienone is 1. The monoisotopic (exact) mass is 386 g/mol. The molecule has 1 N–H and O–H groups in total. The maximum Gasteiger partial charge on any atom is 0.201 e. The zero-order valence-electron chi connectivity index (χ0n) is 15.5. The fraction of sp³-hybridized carbons (Fsp3) is 0.600. The highest BCUT2D eigenvalue weighted by atomic mass is 32.2. The summed E-state index contributed by atoms with van der Waals surface area (Å²) in [6.45, 7) is 5.83. The standard InChI is InChI=1S/C20H26N4O2S/c25-17-10-20(26)27-18(17)9-16-4-6-22-19(23-16)8-14-2-1-7-24(12-14)13-15-3-5-21-11-15/h4,6,9,14-15,21H,1-3,5,7-8,10-13H2/b18-9-/t14-,15?/m1/s1. The van der Waals surface area contributed by atoms with Crippen molar-refractivity contribution in [3.05, 3.63) is 28.7 Å². The predicted octanol–water partition coefficient (Wildman–Crippen LogP) is 1.91. The Morgan fingerprint density at radius 3 is 3.00 bits per heavy atom.